The van der Waals surface area contributed by atoms with Gasteiger partial charge in [0, 0.05) is 4.47 Å². The van der Waals surface area contributed by atoms with Crippen LogP contribution in [0.2, 0.25) is 0 Å². The molecule has 0 aliphatic carbocycles. The third kappa shape index (κ3) is 4.76. The molecule has 0 aromatic heterocycles. The molecule has 0 saturated carbocycles. The van der Waals surface area contributed by atoms with E-state index in [1.54, 1.807) is 6.07 Å². The van der Waals surface area contributed by atoms with Gasteiger partial charge in [-0.25, -0.2) is 0 Å². The summed E-state index contributed by atoms with van der Waals surface area (Å²) in [5, 5.41) is 17.8. The van der Waals surface area contributed by atoms with Crippen molar-refractivity contribution in [1.82, 2.24) is 0 Å². The number of nitriles is 2. The van der Waals surface area contributed by atoms with E-state index in [1.807, 2.05) is 19.1 Å². The van der Waals surface area contributed by atoms with Gasteiger partial charge in [0.2, 0.25) is 0 Å². The van der Waals surface area contributed by atoms with E-state index in [0.717, 1.165) is 12.8 Å². The predicted octanol–water partition coefficient (Wildman–Crippen LogP) is 5.22. The van der Waals surface area contributed by atoms with Crippen LogP contribution in [0.25, 0.3) is 6.08 Å². The van der Waals surface area contributed by atoms with E-state index in [9.17, 15) is 0 Å². The minimum atomic E-state index is 0.0229. The molecule has 0 unspecified atom stereocenters. The predicted molar refractivity (Wildman–Crippen MR) is 92.6 cm³/mol. The van der Waals surface area contributed by atoms with Crippen LogP contribution in [-0.2, 0) is 0 Å². The van der Waals surface area contributed by atoms with Gasteiger partial charge < -0.3 is 9.47 Å². The first kappa shape index (κ1) is 18.5. The number of allylic oxidation sites excluding steroid dienone is 1. The van der Waals surface area contributed by atoms with Gasteiger partial charge in [-0.3, -0.25) is 0 Å². The molecular weight excluding hydrogens is 412 g/mol. The Labute approximate surface area is 147 Å². The van der Waals surface area contributed by atoms with E-state index in [-0.39, 0.29) is 5.57 Å². The van der Waals surface area contributed by atoms with Gasteiger partial charge in [0.05, 0.1) is 17.7 Å². The number of nitrogens with zero attached hydrogens (tertiary/aromatic N) is 2. The van der Waals surface area contributed by atoms with E-state index >= 15 is 0 Å². The van der Waals surface area contributed by atoms with Gasteiger partial charge in [0.15, 0.2) is 11.5 Å². The Kier molecular flexibility index (Phi) is 8.01. The van der Waals surface area contributed by atoms with Crippen molar-refractivity contribution >= 4 is 37.9 Å². The number of rotatable bonds is 7. The van der Waals surface area contributed by atoms with Crippen molar-refractivity contribution in [2.24, 2.45) is 0 Å². The Hall–Kier alpha value is -1.50. The standard InChI is InChI=1S/C16H16Br2N2O2/c1-3-5-6-22-16-13(21-4-2)8-12(14(17)15(16)18)7-11(9-19)10-20/h7-8H,3-6H2,1-2H3. The van der Waals surface area contributed by atoms with E-state index in [0.29, 0.717) is 39.2 Å². The number of unbranched alkanes of at least 4 members (excludes halogenated alkanes) is 1. The van der Waals surface area contributed by atoms with Gasteiger partial charge in [-0.1, -0.05) is 13.3 Å². The summed E-state index contributed by atoms with van der Waals surface area (Å²) in [5.74, 6) is 1.20. The highest BCUT2D eigenvalue weighted by Gasteiger charge is 2.17. The Morgan fingerprint density at radius 2 is 1.86 bits per heavy atom. The summed E-state index contributed by atoms with van der Waals surface area (Å²) < 4.78 is 12.8. The van der Waals surface area contributed by atoms with Gasteiger partial charge in [-0.05, 0) is 62.9 Å². The lowest BCUT2D eigenvalue weighted by Gasteiger charge is -2.16. The van der Waals surface area contributed by atoms with E-state index in [4.69, 9.17) is 20.0 Å². The van der Waals surface area contributed by atoms with Gasteiger partial charge in [0.25, 0.3) is 0 Å². The first-order valence-corrected chi connectivity index (χ1v) is 8.47. The Balaban J connectivity index is 3.32. The van der Waals surface area contributed by atoms with Gasteiger partial charge in [-0.2, -0.15) is 10.5 Å². The van der Waals surface area contributed by atoms with E-state index in [1.165, 1.54) is 6.08 Å². The zero-order valence-electron chi connectivity index (χ0n) is 12.4. The second-order valence-electron chi connectivity index (χ2n) is 4.34. The van der Waals surface area contributed by atoms with Gasteiger partial charge >= 0.3 is 0 Å². The summed E-state index contributed by atoms with van der Waals surface area (Å²) in [6, 6.07) is 5.45. The minimum Gasteiger partial charge on any atom is -0.490 e. The van der Waals surface area contributed by atoms with Crippen LogP contribution in [0.5, 0.6) is 11.5 Å². The zero-order valence-corrected chi connectivity index (χ0v) is 15.6. The molecule has 0 amide bonds. The smallest absolute Gasteiger partial charge is 0.176 e. The zero-order chi connectivity index (χ0) is 16.5. The fourth-order valence-corrected chi connectivity index (χ4v) is 2.62. The number of benzene rings is 1. The largest absolute Gasteiger partial charge is 0.490 e. The summed E-state index contributed by atoms with van der Waals surface area (Å²) in [7, 11) is 0. The second-order valence-corrected chi connectivity index (χ2v) is 5.92. The first-order valence-electron chi connectivity index (χ1n) is 6.88. The normalized spacial score (nSPS) is 9.55. The monoisotopic (exact) mass is 426 g/mol. The van der Waals surface area contributed by atoms with Crippen LogP contribution < -0.4 is 9.47 Å². The molecule has 1 aromatic rings. The quantitative estimate of drug-likeness (QED) is 0.441. The molecule has 0 atom stereocenters. The topological polar surface area (TPSA) is 66.0 Å². The third-order valence-corrected chi connectivity index (χ3v) is 4.88. The highest BCUT2D eigenvalue weighted by atomic mass is 79.9. The molecule has 22 heavy (non-hydrogen) atoms. The van der Waals surface area contributed by atoms with Crippen LogP contribution in [0.15, 0.2) is 20.6 Å². The molecule has 1 rings (SSSR count). The SMILES string of the molecule is CCCCOc1c(OCC)cc(C=C(C#N)C#N)c(Br)c1Br. The van der Waals surface area contributed by atoms with Crippen LogP contribution in [0.1, 0.15) is 32.3 Å². The molecule has 0 spiro atoms. The third-order valence-electron chi connectivity index (χ3n) is 2.74. The van der Waals surface area contributed by atoms with Crippen LogP contribution in [0, 0.1) is 22.7 Å². The Morgan fingerprint density at radius 1 is 1.18 bits per heavy atom. The van der Waals surface area contributed by atoms with Crippen molar-refractivity contribution in [3.63, 3.8) is 0 Å². The lowest BCUT2D eigenvalue weighted by molar-refractivity contribution is 0.271. The Bertz CT molecular complexity index is 627. The maximum atomic E-state index is 8.89. The molecule has 0 heterocycles. The van der Waals surface area contributed by atoms with E-state index in [2.05, 4.69) is 38.8 Å². The van der Waals surface area contributed by atoms with E-state index < -0.39 is 0 Å². The fraction of sp³-hybridized carbons (Fsp3) is 0.375. The Morgan fingerprint density at radius 3 is 2.41 bits per heavy atom. The molecule has 0 aliphatic heterocycles. The van der Waals surface area contributed by atoms with Gasteiger partial charge in [0.1, 0.15) is 17.7 Å². The average molecular weight is 428 g/mol. The number of ether oxygens (including phenoxy) is 2. The van der Waals surface area contributed by atoms with Crippen molar-refractivity contribution in [1.29, 1.82) is 10.5 Å². The number of hydrogen-bond donors (Lipinski definition) is 0. The first-order chi connectivity index (χ1) is 10.6. The molecule has 116 valence electrons. The summed E-state index contributed by atoms with van der Waals surface area (Å²) >= 11 is 6.96. The summed E-state index contributed by atoms with van der Waals surface area (Å²) in [6.45, 7) is 5.07. The highest BCUT2D eigenvalue weighted by molar-refractivity contribution is 9.13. The molecule has 0 radical (unpaired) electrons. The highest BCUT2D eigenvalue weighted by Crippen LogP contribution is 2.43. The molecule has 4 nitrogen and oxygen atoms in total. The maximum absolute atomic E-state index is 8.89. The molecular formula is C16H16Br2N2O2. The van der Waals surface area contributed by atoms with Crippen LogP contribution in [0.4, 0.5) is 0 Å². The summed E-state index contributed by atoms with van der Waals surface area (Å²) in [6.07, 6.45) is 3.49. The molecule has 0 fully saturated rings. The van der Waals surface area contributed by atoms with Crippen LogP contribution in [-0.4, -0.2) is 13.2 Å². The van der Waals surface area contributed by atoms with Crippen molar-refractivity contribution < 1.29 is 9.47 Å². The van der Waals surface area contributed by atoms with Crippen molar-refractivity contribution in [3.8, 4) is 23.6 Å². The molecule has 0 aliphatic rings. The fourth-order valence-electron chi connectivity index (χ4n) is 1.67. The molecule has 0 saturated heterocycles. The molecule has 0 bridgehead atoms. The van der Waals surface area contributed by atoms with Crippen molar-refractivity contribution in [2.45, 2.75) is 26.7 Å². The molecule has 6 heteroatoms. The maximum Gasteiger partial charge on any atom is 0.176 e. The number of halogens is 2. The minimum absolute atomic E-state index is 0.0229. The molecule has 0 N–H and O–H groups in total. The van der Waals surface area contributed by atoms with Crippen LogP contribution in [0.3, 0.4) is 0 Å². The van der Waals surface area contributed by atoms with Crippen LogP contribution >= 0.6 is 31.9 Å². The average Bonchev–Trinajstić information content (AvgIpc) is 2.52. The lowest BCUT2D eigenvalue weighted by Crippen LogP contribution is -2.02. The molecule has 1 aromatic carbocycles. The van der Waals surface area contributed by atoms with Crippen molar-refractivity contribution in [2.75, 3.05) is 13.2 Å². The summed E-state index contributed by atoms with van der Waals surface area (Å²) in [4.78, 5) is 0. The lowest BCUT2D eigenvalue weighted by atomic mass is 10.1. The van der Waals surface area contributed by atoms with Gasteiger partial charge in [-0.15, -0.1) is 0 Å². The summed E-state index contributed by atoms with van der Waals surface area (Å²) in [5.41, 5.74) is 0.700. The second kappa shape index (κ2) is 9.50. The number of hydrogen-bond acceptors (Lipinski definition) is 4. The van der Waals surface area contributed by atoms with Crippen molar-refractivity contribution in [3.05, 3.63) is 26.1 Å².